The third kappa shape index (κ3) is 5.03. The van der Waals surface area contributed by atoms with Crippen LogP contribution < -0.4 is 4.90 Å². The van der Waals surface area contributed by atoms with Gasteiger partial charge in [0.25, 0.3) is 0 Å². The predicted octanol–water partition coefficient (Wildman–Crippen LogP) is 3.84. The summed E-state index contributed by atoms with van der Waals surface area (Å²) in [6.07, 6.45) is 0. The minimum Gasteiger partial charge on any atom is -0.309 e. The summed E-state index contributed by atoms with van der Waals surface area (Å²) in [4.78, 5) is 14.0. The van der Waals surface area contributed by atoms with Crippen molar-refractivity contribution < 1.29 is 17.6 Å². The normalized spacial score (nSPS) is 11.6. The van der Waals surface area contributed by atoms with Crippen molar-refractivity contribution in [2.75, 3.05) is 10.7 Å². The number of amides is 1. The number of para-hydroxylation sites is 1. The Labute approximate surface area is 152 Å². The van der Waals surface area contributed by atoms with Crippen LogP contribution >= 0.6 is 11.6 Å². The number of hydrogen-bond acceptors (Lipinski definition) is 3. The lowest BCUT2D eigenvalue weighted by Gasteiger charge is -2.27. The zero-order valence-electron chi connectivity index (χ0n) is 13.9. The molecular weight excluding hydrogens is 365 g/mol. The summed E-state index contributed by atoms with van der Waals surface area (Å²) in [5, 5.41) is 0.0276. The average Bonchev–Trinajstić information content (AvgIpc) is 2.51. The number of halogens is 2. The minimum atomic E-state index is -3.88. The molecule has 2 aromatic rings. The molecule has 25 heavy (non-hydrogen) atoms. The Morgan fingerprint density at radius 1 is 1.12 bits per heavy atom. The lowest BCUT2D eigenvalue weighted by atomic mass is 10.2. The molecule has 0 atom stereocenters. The molecule has 0 radical (unpaired) electrons. The van der Waals surface area contributed by atoms with Crippen molar-refractivity contribution in [3.8, 4) is 0 Å². The van der Waals surface area contributed by atoms with Gasteiger partial charge in [-0.2, -0.15) is 0 Å². The molecule has 1 amide bonds. The summed E-state index contributed by atoms with van der Waals surface area (Å²) >= 11 is 5.88. The van der Waals surface area contributed by atoms with E-state index >= 15 is 0 Å². The van der Waals surface area contributed by atoms with Gasteiger partial charge in [-0.05, 0) is 38.1 Å². The van der Waals surface area contributed by atoms with Gasteiger partial charge in [0, 0.05) is 22.3 Å². The highest BCUT2D eigenvalue weighted by Gasteiger charge is 2.26. The molecule has 0 aliphatic rings. The second kappa shape index (κ2) is 7.97. The number of rotatable bonds is 6. The molecular formula is C18H19ClFNO3S. The first kappa shape index (κ1) is 19.4. The maximum atomic E-state index is 13.8. The van der Waals surface area contributed by atoms with Gasteiger partial charge >= 0.3 is 0 Å². The maximum absolute atomic E-state index is 13.8. The van der Waals surface area contributed by atoms with Gasteiger partial charge < -0.3 is 4.90 Å². The summed E-state index contributed by atoms with van der Waals surface area (Å²) in [6, 6.07) is 12.6. The third-order valence-corrected chi connectivity index (χ3v) is 5.36. The van der Waals surface area contributed by atoms with Crippen molar-refractivity contribution in [1.82, 2.24) is 0 Å². The first-order valence-electron chi connectivity index (χ1n) is 7.71. The minimum absolute atomic E-state index is 0.0276. The van der Waals surface area contributed by atoms with E-state index < -0.39 is 33.1 Å². The molecule has 134 valence electrons. The topological polar surface area (TPSA) is 54.5 Å². The third-order valence-electron chi connectivity index (χ3n) is 3.59. The molecule has 0 heterocycles. The summed E-state index contributed by atoms with van der Waals surface area (Å²) in [5.41, 5.74) is 0.495. The SMILES string of the molecule is CC(C)N(C(=O)CS(=O)(=O)Cc1c(F)cccc1Cl)c1ccccc1. The van der Waals surface area contributed by atoms with Crippen LogP contribution in [0.5, 0.6) is 0 Å². The molecule has 7 heteroatoms. The van der Waals surface area contributed by atoms with Crippen LogP contribution in [0.1, 0.15) is 19.4 Å². The number of carbonyl (C=O) groups excluding carboxylic acids is 1. The lowest BCUT2D eigenvalue weighted by molar-refractivity contribution is -0.116. The summed E-state index contributed by atoms with van der Waals surface area (Å²) in [5.74, 6) is -2.60. The van der Waals surface area contributed by atoms with Crippen LogP contribution in [0.4, 0.5) is 10.1 Å². The highest BCUT2D eigenvalue weighted by Crippen LogP contribution is 2.23. The predicted molar refractivity (Wildman–Crippen MR) is 98.0 cm³/mol. The molecule has 0 fully saturated rings. The molecule has 0 saturated carbocycles. The Bertz CT molecular complexity index is 834. The molecule has 0 aliphatic heterocycles. The first-order chi connectivity index (χ1) is 11.7. The molecule has 0 unspecified atom stereocenters. The Hall–Kier alpha value is -1.92. The van der Waals surface area contributed by atoms with Crippen LogP contribution in [0.15, 0.2) is 48.5 Å². The number of hydrogen-bond donors (Lipinski definition) is 0. The van der Waals surface area contributed by atoms with E-state index in [9.17, 15) is 17.6 Å². The highest BCUT2D eigenvalue weighted by molar-refractivity contribution is 7.91. The summed E-state index contributed by atoms with van der Waals surface area (Å²) < 4.78 is 38.6. The summed E-state index contributed by atoms with van der Waals surface area (Å²) in [7, 11) is -3.88. The van der Waals surface area contributed by atoms with Gasteiger partial charge in [-0.15, -0.1) is 0 Å². The van der Waals surface area contributed by atoms with Gasteiger partial charge in [-0.25, -0.2) is 12.8 Å². The number of benzene rings is 2. The average molecular weight is 384 g/mol. The van der Waals surface area contributed by atoms with Crippen LogP contribution in [-0.4, -0.2) is 26.1 Å². The fourth-order valence-electron chi connectivity index (χ4n) is 2.52. The van der Waals surface area contributed by atoms with Gasteiger partial charge in [0.1, 0.15) is 11.6 Å². The zero-order valence-corrected chi connectivity index (χ0v) is 15.5. The van der Waals surface area contributed by atoms with Crippen LogP contribution in [-0.2, 0) is 20.4 Å². The number of carbonyl (C=O) groups is 1. The van der Waals surface area contributed by atoms with Crippen molar-refractivity contribution in [3.63, 3.8) is 0 Å². The van der Waals surface area contributed by atoms with Gasteiger partial charge in [-0.1, -0.05) is 35.9 Å². The van der Waals surface area contributed by atoms with E-state index in [0.29, 0.717) is 5.69 Å². The largest absolute Gasteiger partial charge is 0.309 e. The Morgan fingerprint density at radius 3 is 2.32 bits per heavy atom. The van der Waals surface area contributed by atoms with E-state index in [1.165, 1.54) is 17.0 Å². The lowest BCUT2D eigenvalue weighted by Crippen LogP contribution is -2.41. The molecule has 2 aromatic carbocycles. The van der Waals surface area contributed by atoms with Gasteiger partial charge in [0.2, 0.25) is 5.91 Å². The molecule has 0 N–H and O–H groups in total. The van der Waals surface area contributed by atoms with E-state index in [1.807, 2.05) is 6.07 Å². The van der Waals surface area contributed by atoms with E-state index in [0.717, 1.165) is 6.07 Å². The van der Waals surface area contributed by atoms with Gasteiger partial charge in [0.05, 0.1) is 5.75 Å². The summed E-state index contributed by atoms with van der Waals surface area (Å²) in [6.45, 7) is 3.59. The first-order valence-corrected chi connectivity index (χ1v) is 9.91. The molecule has 0 aliphatic carbocycles. The standard InChI is InChI=1S/C18H19ClFNO3S/c1-13(2)21(14-7-4-3-5-8-14)18(22)12-25(23,24)11-15-16(19)9-6-10-17(15)20/h3-10,13H,11-12H2,1-2H3. The number of nitrogens with zero attached hydrogens (tertiary/aromatic N) is 1. The van der Waals surface area contributed by atoms with Crippen molar-refractivity contribution in [2.24, 2.45) is 0 Å². The van der Waals surface area contributed by atoms with E-state index in [-0.39, 0.29) is 16.6 Å². The molecule has 0 saturated heterocycles. The Balaban J connectivity index is 2.22. The highest BCUT2D eigenvalue weighted by atomic mass is 35.5. The van der Waals surface area contributed by atoms with Crippen LogP contribution in [0.2, 0.25) is 5.02 Å². The quantitative estimate of drug-likeness (QED) is 0.761. The van der Waals surface area contributed by atoms with E-state index in [4.69, 9.17) is 11.6 Å². The second-order valence-electron chi connectivity index (χ2n) is 5.93. The van der Waals surface area contributed by atoms with E-state index in [1.54, 1.807) is 38.1 Å². The fourth-order valence-corrected chi connectivity index (χ4v) is 4.18. The molecule has 0 bridgehead atoms. The van der Waals surface area contributed by atoms with Crippen LogP contribution in [0.25, 0.3) is 0 Å². The molecule has 2 rings (SSSR count). The van der Waals surface area contributed by atoms with Crippen molar-refractivity contribution >= 4 is 33.0 Å². The zero-order chi connectivity index (χ0) is 18.6. The van der Waals surface area contributed by atoms with Crippen molar-refractivity contribution in [2.45, 2.75) is 25.6 Å². The van der Waals surface area contributed by atoms with Crippen molar-refractivity contribution in [3.05, 3.63) is 64.9 Å². The Kier molecular flexibility index (Phi) is 6.19. The Morgan fingerprint density at radius 2 is 1.76 bits per heavy atom. The number of anilines is 1. The van der Waals surface area contributed by atoms with Gasteiger partial charge in [-0.3, -0.25) is 4.79 Å². The molecule has 4 nitrogen and oxygen atoms in total. The maximum Gasteiger partial charge on any atom is 0.242 e. The molecule has 0 aromatic heterocycles. The van der Waals surface area contributed by atoms with Gasteiger partial charge in [0.15, 0.2) is 9.84 Å². The number of sulfone groups is 1. The van der Waals surface area contributed by atoms with Crippen LogP contribution in [0, 0.1) is 5.82 Å². The van der Waals surface area contributed by atoms with E-state index in [2.05, 4.69) is 0 Å². The monoisotopic (exact) mass is 383 g/mol. The second-order valence-corrected chi connectivity index (χ2v) is 8.40. The smallest absolute Gasteiger partial charge is 0.242 e. The van der Waals surface area contributed by atoms with Crippen LogP contribution in [0.3, 0.4) is 0 Å². The fraction of sp³-hybridized carbons (Fsp3) is 0.278. The molecule has 0 spiro atoms. The van der Waals surface area contributed by atoms with Crippen molar-refractivity contribution in [1.29, 1.82) is 0 Å².